The summed E-state index contributed by atoms with van der Waals surface area (Å²) in [5.74, 6) is -0.211. The topological polar surface area (TPSA) is 79.8 Å². The molecule has 0 spiro atoms. The summed E-state index contributed by atoms with van der Waals surface area (Å²) >= 11 is 0. The normalized spacial score (nSPS) is 11.2. The van der Waals surface area contributed by atoms with Gasteiger partial charge in [0.15, 0.2) is 0 Å². The van der Waals surface area contributed by atoms with Gasteiger partial charge in [-0.05, 0) is 55.3 Å². The smallest absolute Gasteiger partial charge is 0.261 e. The maximum Gasteiger partial charge on any atom is 0.261 e. The second kappa shape index (κ2) is 8.15. The lowest BCUT2D eigenvalue weighted by atomic mass is 10.1. The van der Waals surface area contributed by atoms with Crippen molar-refractivity contribution in [1.82, 2.24) is 14.5 Å². The summed E-state index contributed by atoms with van der Waals surface area (Å²) in [5.41, 5.74) is 4.88. The average Bonchev–Trinajstić information content (AvgIpc) is 3.22. The molecule has 0 unspecified atom stereocenters. The highest BCUT2D eigenvalue weighted by molar-refractivity contribution is 6.05. The molecule has 0 aliphatic heterocycles. The number of aryl methyl sites for hydroxylation is 3. The molecule has 1 amide bonds. The molecule has 0 saturated heterocycles. The van der Waals surface area contributed by atoms with Crippen LogP contribution in [0.3, 0.4) is 0 Å². The Labute approximate surface area is 184 Å². The second-order valence-corrected chi connectivity index (χ2v) is 7.91. The summed E-state index contributed by atoms with van der Waals surface area (Å²) < 4.78 is 1.62. The third-order valence-corrected chi connectivity index (χ3v) is 5.66. The zero-order valence-electron chi connectivity index (χ0n) is 17.6. The molecular weight excluding hydrogens is 400 g/mol. The largest absolute Gasteiger partial charge is 0.361 e. The van der Waals surface area contributed by atoms with Gasteiger partial charge in [0.25, 0.3) is 11.5 Å². The van der Waals surface area contributed by atoms with Gasteiger partial charge in [0.2, 0.25) is 0 Å². The zero-order valence-corrected chi connectivity index (χ0v) is 17.6. The highest BCUT2D eigenvalue weighted by Gasteiger charge is 2.10. The van der Waals surface area contributed by atoms with E-state index in [4.69, 9.17) is 0 Å². The van der Waals surface area contributed by atoms with E-state index in [9.17, 15) is 9.59 Å². The van der Waals surface area contributed by atoms with Crippen LogP contribution in [0, 0.1) is 6.92 Å². The Bertz CT molecular complexity index is 1510. The Morgan fingerprint density at radius 3 is 2.78 bits per heavy atom. The molecule has 5 aromatic rings. The maximum atomic E-state index is 13.1. The van der Waals surface area contributed by atoms with Crippen molar-refractivity contribution in [1.29, 1.82) is 0 Å². The van der Waals surface area contributed by atoms with Gasteiger partial charge in [-0.1, -0.05) is 35.9 Å². The molecule has 0 aliphatic carbocycles. The first kappa shape index (κ1) is 19.8. The molecule has 0 atom stereocenters. The predicted octanol–water partition coefficient (Wildman–Crippen LogP) is 4.68. The number of amides is 1. The number of carbonyl (C=O) groups excluding carboxylic acids is 1. The second-order valence-electron chi connectivity index (χ2n) is 7.91. The number of aromatic nitrogens is 3. The monoisotopic (exact) mass is 422 g/mol. The number of anilines is 1. The van der Waals surface area contributed by atoms with Gasteiger partial charge in [-0.2, -0.15) is 0 Å². The van der Waals surface area contributed by atoms with E-state index in [0.29, 0.717) is 35.1 Å². The quantitative estimate of drug-likeness (QED) is 0.432. The van der Waals surface area contributed by atoms with E-state index < -0.39 is 0 Å². The van der Waals surface area contributed by atoms with Gasteiger partial charge >= 0.3 is 0 Å². The van der Waals surface area contributed by atoms with E-state index in [0.717, 1.165) is 22.0 Å². The third-order valence-electron chi connectivity index (χ3n) is 5.66. The minimum atomic E-state index is -0.211. The van der Waals surface area contributed by atoms with Crippen molar-refractivity contribution in [2.24, 2.45) is 0 Å². The fourth-order valence-electron chi connectivity index (χ4n) is 3.96. The minimum Gasteiger partial charge on any atom is -0.361 e. The molecule has 6 nitrogen and oxygen atoms in total. The Hall–Kier alpha value is -4.19. The highest BCUT2D eigenvalue weighted by Crippen LogP contribution is 2.19. The van der Waals surface area contributed by atoms with Gasteiger partial charge in [-0.3, -0.25) is 14.2 Å². The van der Waals surface area contributed by atoms with Crippen LogP contribution in [0.25, 0.3) is 21.8 Å². The highest BCUT2D eigenvalue weighted by atomic mass is 16.1. The molecule has 32 heavy (non-hydrogen) atoms. The Morgan fingerprint density at radius 1 is 1.03 bits per heavy atom. The van der Waals surface area contributed by atoms with Crippen molar-refractivity contribution in [3.05, 3.63) is 106 Å². The van der Waals surface area contributed by atoms with E-state index >= 15 is 0 Å². The Balaban J connectivity index is 1.40. The summed E-state index contributed by atoms with van der Waals surface area (Å²) in [6.07, 6.45) is 4.29. The van der Waals surface area contributed by atoms with Gasteiger partial charge in [0, 0.05) is 34.9 Å². The molecule has 2 aromatic heterocycles. The van der Waals surface area contributed by atoms with Crippen LogP contribution in [0.5, 0.6) is 0 Å². The van der Waals surface area contributed by atoms with Gasteiger partial charge in [-0.15, -0.1) is 0 Å². The molecule has 5 rings (SSSR count). The molecular formula is C26H22N4O2. The molecule has 0 aliphatic rings. The fraction of sp³-hybridized carbons (Fsp3) is 0.115. The number of rotatable bonds is 5. The van der Waals surface area contributed by atoms with Crippen molar-refractivity contribution in [3.8, 4) is 0 Å². The fourth-order valence-corrected chi connectivity index (χ4v) is 3.96. The Kier molecular flexibility index (Phi) is 5.03. The van der Waals surface area contributed by atoms with E-state index in [2.05, 4.69) is 21.4 Å². The maximum absolute atomic E-state index is 13.1. The van der Waals surface area contributed by atoms with Crippen LogP contribution in [-0.4, -0.2) is 20.4 Å². The van der Waals surface area contributed by atoms with Crippen LogP contribution in [0.1, 0.15) is 21.5 Å². The summed E-state index contributed by atoms with van der Waals surface area (Å²) in [6.45, 7) is 2.46. The van der Waals surface area contributed by atoms with Crippen LogP contribution >= 0.6 is 0 Å². The van der Waals surface area contributed by atoms with E-state index in [-0.39, 0.29) is 11.5 Å². The van der Waals surface area contributed by atoms with Crippen molar-refractivity contribution in [2.75, 3.05) is 5.32 Å². The van der Waals surface area contributed by atoms with Crippen molar-refractivity contribution >= 4 is 33.4 Å². The molecule has 158 valence electrons. The lowest BCUT2D eigenvalue weighted by Crippen LogP contribution is -2.22. The van der Waals surface area contributed by atoms with Crippen molar-refractivity contribution in [3.63, 3.8) is 0 Å². The molecule has 3 aromatic carbocycles. The minimum absolute atomic E-state index is 0.124. The standard InChI is InChI=1S/C26H22N4O2/c1-17-5-4-6-18(13-17)25(31)29-20-9-10-24-22(14-20)26(32)30(16-28-24)12-11-19-15-27-23-8-3-2-7-21(19)23/h2-10,13-16,27H,11-12H2,1H3,(H,29,31). The van der Waals surface area contributed by atoms with E-state index in [1.807, 2.05) is 49.5 Å². The molecule has 2 heterocycles. The summed E-state index contributed by atoms with van der Waals surface area (Å²) in [6, 6.07) is 20.7. The number of H-pyrrole nitrogens is 1. The summed E-state index contributed by atoms with van der Waals surface area (Å²) in [4.78, 5) is 33.4. The SMILES string of the molecule is Cc1cccc(C(=O)Nc2ccc3ncn(CCc4c[nH]c5ccccc45)c(=O)c3c2)c1. The molecule has 0 saturated carbocycles. The number of nitrogens with zero attached hydrogens (tertiary/aromatic N) is 2. The molecule has 0 bridgehead atoms. The van der Waals surface area contributed by atoms with Crippen LogP contribution in [0.2, 0.25) is 0 Å². The van der Waals surface area contributed by atoms with Gasteiger partial charge in [-0.25, -0.2) is 4.98 Å². The molecule has 0 radical (unpaired) electrons. The number of hydrogen-bond acceptors (Lipinski definition) is 3. The van der Waals surface area contributed by atoms with Crippen molar-refractivity contribution in [2.45, 2.75) is 19.9 Å². The lowest BCUT2D eigenvalue weighted by Gasteiger charge is -2.09. The number of hydrogen-bond donors (Lipinski definition) is 2. The van der Waals surface area contributed by atoms with Crippen LogP contribution < -0.4 is 10.9 Å². The van der Waals surface area contributed by atoms with Crippen LogP contribution in [0.15, 0.2) is 84.0 Å². The molecule has 6 heteroatoms. The summed E-state index contributed by atoms with van der Waals surface area (Å²) in [5, 5.41) is 4.52. The number of benzene rings is 3. The molecule has 2 N–H and O–H groups in total. The van der Waals surface area contributed by atoms with Crippen molar-refractivity contribution < 1.29 is 4.79 Å². The molecule has 0 fully saturated rings. The number of aromatic amines is 1. The Morgan fingerprint density at radius 2 is 1.91 bits per heavy atom. The lowest BCUT2D eigenvalue weighted by molar-refractivity contribution is 0.102. The summed E-state index contributed by atoms with van der Waals surface area (Å²) in [7, 11) is 0. The first-order valence-corrected chi connectivity index (χ1v) is 10.5. The average molecular weight is 422 g/mol. The first-order valence-electron chi connectivity index (χ1n) is 10.5. The van der Waals surface area contributed by atoms with E-state index in [1.165, 1.54) is 0 Å². The number of para-hydroxylation sites is 1. The number of fused-ring (bicyclic) bond motifs is 2. The van der Waals surface area contributed by atoms with Gasteiger partial charge in [0.1, 0.15) is 0 Å². The predicted molar refractivity (Wildman–Crippen MR) is 127 cm³/mol. The van der Waals surface area contributed by atoms with Crippen LogP contribution in [-0.2, 0) is 13.0 Å². The van der Waals surface area contributed by atoms with Crippen LogP contribution in [0.4, 0.5) is 5.69 Å². The number of nitrogens with one attached hydrogen (secondary N) is 2. The zero-order chi connectivity index (χ0) is 22.1. The third kappa shape index (κ3) is 3.78. The van der Waals surface area contributed by atoms with Gasteiger partial charge in [0.05, 0.1) is 17.2 Å². The first-order chi connectivity index (χ1) is 15.6. The van der Waals surface area contributed by atoms with Gasteiger partial charge < -0.3 is 10.3 Å². The van der Waals surface area contributed by atoms with E-state index in [1.54, 1.807) is 35.2 Å². The number of carbonyl (C=O) groups is 1.